The van der Waals surface area contributed by atoms with Crippen LogP contribution in [0, 0.1) is 0 Å². The summed E-state index contributed by atoms with van der Waals surface area (Å²) in [5, 5.41) is 0. The van der Waals surface area contributed by atoms with Crippen molar-refractivity contribution >= 4 is 17.5 Å². The summed E-state index contributed by atoms with van der Waals surface area (Å²) in [5.41, 5.74) is 0. The van der Waals surface area contributed by atoms with Gasteiger partial charge in [-0.15, -0.1) is 0 Å². The van der Waals surface area contributed by atoms with E-state index in [0.29, 0.717) is 0 Å². The molecule has 0 fully saturated rings. The summed E-state index contributed by atoms with van der Waals surface area (Å²) in [6, 6.07) is 0. The topological polar surface area (TPSA) is 69.7 Å². The Labute approximate surface area is 83.4 Å². The number of ether oxygens (including phenoxy) is 2. The zero-order chi connectivity index (χ0) is 11.6. The molecule has 0 N–H and O–H groups in total. The molecule has 0 aliphatic rings. The van der Waals surface area contributed by atoms with Crippen LogP contribution in [0.5, 0.6) is 0 Å². The van der Waals surface area contributed by atoms with E-state index in [0.717, 1.165) is 0 Å². The molecule has 0 radical (unpaired) electrons. The van der Waals surface area contributed by atoms with Gasteiger partial charge in [-0.3, -0.25) is 14.4 Å². The maximum atomic E-state index is 10.2. The molecule has 0 aromatic rings. The molecule has 0 saturated heterocycles. The van der Waals surface area contributed by atoms with E-state index in [9.17, 15) is 14.4 Å². The Morgan fingerprint density at radius 2 is 1.50 bits per heavy atom. The first-order valence-electron chi connectivity index (χ1n) is 3.98. The molecule has 0 aliphatic heterocycles. The molecule has 5 heteroatoms. The second kappa shape index (κ2) is 9.85. The number of Topliss-reactive ketones (excluding diaryl/α,β-unsaturated/α-hetero) is 2. The lowest BCUT2D eigenvalue weighted by Crippen LogP contribution is -2.05. The van der Waals surface area contributed by atoms with Gasteiger partial charge in [-0.05, 0) is 13.8 Å². The first kappa shape index (κ1) is 15.3. The number of esters is 1. The Balaban J connectivity index is 0. The first-order valence-corrected chi connectivity index (χ1v) is 3.98. The summed E-state index contributed by atoms with van der Waals surface area (Å²) >= 11 is 0. The van der Waals surface area contributed by atoms with E-state index < -0.39 is 5.97 Å². The van der Waals surface area contributed by atoms with Crippen LogP contribution in [0.25, 0.3) is 0 Å². The Kier molecular flexibility index (Phi) is 10.7. The summed E-state index contributed by atoms with van der Waals surface area (Å²) in [6.45, 7) is 3.07. The number of methoxy groups -OCH3 is 2. The molecular formula is C9H16O5. The molecule has 0 bridgehead atoms. The fourth-order valence-electron chi connectivity index (χ4n) is 0.479. The highest BCUT2D eigenvalue weighted by Gasteiger charge is 2.01. The van der Waals surface area contributed by atoms with E-state index in [1.54, 1.807) is 0 Å². The lowest BCUT2D eigenvalue weighted by Gasteiger charge is -1.90. The van der Waals surface area contributed by atoms with Crippen LogP contribution >= 0.6 is 0 Å². The Morgan fingerprint density at radius 1 is 1.00 bits per heavy atom. The Morgan fingerprint density at radius 3 is 1.57 bits per heavy atom. The third kappa shape index (κ3) is 17.0. The van der Waals surface area contributed by atoms with Gasteiger partial charge in [-0.2, -0.15) is 0 Å². The molecule has 82 valence electrons. The van der Waals surface area contributed by atoms with Crippen molar-refractivity contribution in [1.29, 1.82) is 0 Å². The van der Waals surface area contributed by atoms with Crippen LogP contribution < -0.4 is 0 Å². The van der Waals surface area contributed by atoms with Gasteiger partial charge in [0, 0.05) is 7.11 Å². The van der Waals surface area contributed by atoms with Gasteiger partial charge < -0.3 is 9.47 Å². The number of hydrogen-bond acceptors (Lipinski definition) is 5. The highest BCUT2D eigenvalue weighted by atomic mass is 16.5. The van der Waals surface area contributed by atoms with Crippen LogP contribution in [-0.4, -0.2) is 38.4 Å². The number of ketones is 2. The fraction of sp³-hybridized carbons (Fsp3) is 0.667. The van der Waals surface area contributed by atoms with Crippen LogP contribution in [0.3, 0.4) is 0 Å². The predicted molar refractivity (Wildman–Crippen MR) is 49.9 cm³/mol. The van der Waals surface area contributed by atoms with E-state index >= 15 is 0 Å². The third-order valence-corrected chi connectivity index (χ3v) is 0.969. The molecule has 0 aliphatic carbocycles. The number of carbonyl (C=O) groups excluding carboxylic acids is 3. The van der Waals surface area contributed by atoms with E-state index in [1.807, 2.05) is 0 Å². The largest absolute Gasteiger partial charge is 0.469 e. The second-order valence-corrected chi connectivity index (χ2v) is 2.59. The van der Waals surface area contributed by atoms with Gasteiger partial charge >= 0.3 is 5.97 Å². The van der Waals surface area contributed by atoms with Crippen molar-refractivity contribution in [2.75, 3.05) is 20.8 Å². The predicted octanol–water partition coefficient (Wildman–Crippen LogP) is 0.360. The highest BCUT2D eigenvalue weighted by Crippen LogP contribution is 1.83. The lowest BCUT2D eigenvalue weighted by molar-refractivity contribution is -0.143. The van der Waals surface area contributed by atoms with Gasteiger partial charge in [0.05, 0.1) is 7.11 Å². The van der Waals surface area contributed by atoms with E-state index in [4.69, 9.17) is 0 Å². The molecule has 0 spiro atoms. The maximum absolute atomic E-state index is 10.2. The van der Waals surface area contributed by atoms with Crippen molar-refractivity contribution in [1.82, 2.24) is 0 Å². The van der Waals surface area contributed by atoms with E-state index in [-0.39, 0.29) is 24.6 Å². The summed E-state index contributed by atoms with van der Waals surface area (Å²) in [4.78, 5) is 30.2. The molecule has 0 heterocycles. The van der Waals surface area contributed by atoms with Crippen molar-refractivity contribution in [3.63, 3.8) is 0 Å². The molecule has 5 nitrogen and oxygen atoms in total. The zero-order valence-corrected chi connectivity index (χ0v) is 8.96. The van der Waals surface area contributed by atoms with Crippen LogP contribution in [-0.2, 0) is 23.9 Å². The monoisotopic (exact) mass is 204 g/mol. The molecule has 0 amide bonds. The van der Waals surface area contributed by atoms with Crippen molar-refractivity contribution in [3.05, 3.63) is 0 Å². The Hall–Kier alpha value is -1.23. The second-order valence-electron chi connectivity index (χ2n) is 2.59. The Bertz CT molecular complexity index is 197. The molecule has 0 atom stereocenters. The first-order chi connectivity index (χ1) is 6.43. The molecule has 0 aromatic carbocycles. The van der Waals surface area contributed by atoms with Crippen LogP contribution in [0.1, 0.15) is 20.3 Å². The lowest BCUT2D eigenvalue weighted by atomic mass is 10.3. The van der Waals surface area contributed by atoms with Gasteiger partial charge in [0.15, 0.2) is 5.78 Å². The summed E-state index contributed by atoms with van der Waals surface area (Å²) < 4.78 is 8.65. The number of rotatable bonds is 4. The smallest absolute Gasteiger partial charge is 0.313 e. The maximum Gasteiger partial charge on any atom is 0.313 e. The minimum absolute atomic E-state index is 0.0671. The van der Waals surface area contributed by atoms with Crippen LogP contribution in [0.2, 0.25) is 0 Å². The van der Waals surface area contributed by atoms with Gasteiger partial charge in [-0.1, -0.05) is 0 Å². The molecule has 0 rings (SSSR count). The standard InChI is InChI=1S/C5H8O3.C4H8O2/c1-4(6)3-5(7)8-2;1-4(5)3-6-2/h3H2,1-2H3;3H2,1-2H3. The van der Waals surface area contributed by atoms with Crippen LogP contribution in [0.15, 0.2) is 0 Å². The van der Waals surface area contributed by atoms with E-state index in [1.165, 1.54) is 28.1 Å². The average molecular weight is 204 g/mol. The highest BCUT2D eigenvalue weighted by molar-refractivity contribution is 5.93. The van der Waals surface area contributed by atoms with Crippen LogP contribution in [0.4, 0.5) is 0 Å². The molecule has 0 saturated carbocycles. The van der Waals surface area contributed by atoms with Crippen molar-refractivity contribution in [3.8, 4) is 0 Å². The normalized spacial score (nSPS) is 8.29. The van der Waals surface area contributed by atoms with Crippen molar-refractivity contribution < 1.29 is 23.9 Å². The van der Waals surface area contributed by atoms with E-state index in [2.05, 4.69) is 9.47 Å². The fourth-order valence-corrected chi connectivity index (χ4v) is 0.479. The molecule has 0 aromatic heterocycles. The molecule has 14 heavy (non-hydrogen) atoms. The SMILES string of the molecule is COC(=O)CC(C)=O.COCC(C)=O. The average Bonchev–Trinajstić information content (AvgIpc) is 2.03. The van der Waals surface area contributed by atoms with Gasteiger partial charge in [0.1, 0.15) is 18.8 Å². The summed E-state index contributed by atoms with van der Waals surface area (Å²) in [5.74, 6) is -0.577. The minimum atomic E-state index is -0.475. The molecular weight excluding hydrogens is 188 g/mol. The third-order valence-electron chi connectivity index (χ3n) is 0.969. The minimum Gasteiger partial charge on any atom is -0.469 e. The molecule has 0 unspecified atom stereocenters. The van der Waals surface area contributed by atoms with Gasteiger partial charge in [0.25, 0.3) is 0 Å². The summed E-state index contributed by atoms with van der Waals surface area (Å²) in [6.07, 6.45) is -0.115. The summed E-state index contributed by atoms with van der Waals surface area (Å²) in [7, 11) is 2.76. The zero-order valence-electron chi connectivity index (χ0n) is 8.96. The quantitative estimate of drug-likeness (QED) is 0.488. The van der Waals surface area contributed by atoms with Crippen molar-refractivity contribution in [2.45, 2.75) is 20.3 Å². The number of hydrogen-bond donors (Lipinski definition) is 0. The van der Waals surface area contributed by atoms with Gasteiger partial charge in [-0.25, -0.2) is 0 Å². The van der Waals surface area contributed by atoms with Crippen molar-refractivity contribution in [2.24, 2.45) is 0 Å². The van der Waals surface area contributed by atoms with Gasteiger partial charge in [0.2, 0.25) is 0 Å². The number of carbonyl (C=O) groups is 3.